The van der Waals surface area contributed by atoms with Gasteiger partial charge in [-0.05, 0) is 63.5 Å². The third-order valence-electron chi connectivity index (χ3n) is 4.51. The molecule has 1 heterocycles. The summed E-state index contributed by atoms with van der Waals surface area (Å²) in [5, 5.41) is 2.42. The largest absolute Gasteiger partial charge is 0.419 e. The Morgan fingerprint density at radius 1 is 1.09 bits per heavy atom. The fourth-order valence-electron chi connectivity index (χ4n) is 2.95. The molecule has 0 atom stereocenters. The van der Waals surface area contributed by atoms with E-state index in [2.05, 4.69) is 26.2 Å². The van der Waals surface area contributed by atoms with Crippen LogP contribution in [0, 0.1) is 0 Å². The summed E-state index contributed by atoms with van der Waals surface area (Å²) >= 11 is 3.25. The van der Waals surface area contributed by atoms with Crippen molar-refractivity contribution >= 4 is 31.7 Å². The number of halogens is 4. The van der Waals surface area contributed by atoms with Gasteiger partial charge in [0.1, 0.15) is 0 Å². The lowest BCUT2D eigenvalue weighted by Gasteiger charge is -2.10. The molecule has 0 amide bonds. The first-order valence-corrected chi connectivity index (χ1v) is 11.8. The number of anilines is 1. The van der Waals surface area contributed by atoms with Crippen molar-refractivity contribution in [3.63, 3.8) is 0 Å². The van der Waals surface area contributed by atoms with Gasteiger partial charge >= 0.3 is 6.18 Å². The lowest BCUT2D eigenvalue weighted by molar-refractivity contribution is -0.137. The van der Waals surface area contributed by atoms with Crippen LogP contribution in [0.4, 0.5) is 19.1 Å². The molecule has 0 saturated carbocycles. The molecular formula is C21H21BrF3N3O3S. The lowest BCUT2D eigenvalue weighted by Crippen LogP contribution is -2.17. The molecule has 0 spiro atoms. The van der Waals surface area contributed by atoms with Crippen LogP contribution in [0.25, 0.3) is 11.5 Å². The van der Waals surface area contributed by atoms with Gasteiger partial charge < -0.3 is 14.6 Å². The van der Waals surface area contributed by atoms with E-state index in [1.54, 1.807) is 12.1 Å². The van der Waals surface area contributed by atoms with Crippen LogP contribution in [0.15, 0.2) is 67.3 Å². The van der Waals surface area contributed by atoms with Crippen molar-refractivity contribution in [3.8, 4) is 11.5 Å². The molecule has 0 fully saturated rings. The maximum atomic E-state index is 13.5. The average Bonchev–Trinajstić information content (AvgIpc) is 3.16. The van der Waals surface area contributed by atoms with Crippen molar-refractivity contribution in [2.24, 2.45) is 0 Å². The van der Waals surface area contributed by atoms with E-state index in [1.807, 2.05) is 19.0 Å². The minimum absolute atomic E-state index is 0.0546. The normalized spacial score (nSPS) is 12.3. The van der Waals surface area contributed by atoms with Gasteiger partial charge in [-0.15, -0.1) is 0 Å². The van der Waals surface area contributed by atoms with Crippen molar-refractivity contribution in [2.45, 2.75) is 22.5 Å². The molecule has 3 aromatic rings. The number of hydrogen-bond donors (Lipinski definition) is 1. The Balaban J connectivity index is 2.08. The number of rotatable bonds is 8. The molecule has 0 saturated heterocycles. The number of sulfone groups is 1. The van der Waals surface area contributed by atoms with Crippen LogP contribution in [0.5, 0.6) is 0 Å². The van der Waals surface area contributed by atoms with Gasteiger partial charge in [0.2, 0.25) is 26.6 Å². The van der Waals surface area contributed by atoms with Crippen molar-refractivity contribution in [1.29, 1.82) is 0 Å². The van der Waals surface area contributed by atoms with Gasteiger partial charge in [-0.2, -0.15) is 18.2 Å². The number of nitrogens with one attached hydrogen (secondary N) is 1. The van der Waals surface area contributed by atoms with E-state index in [4.69, 9.17) is 4.42 Å². The fraction of sp³-hybridized carbons (Fsp3) is 0.286. The van der Waals surface area contributed by atoms with Crippen LogP contribution >= 0.6 is 15.9 Å². The highest BCUT2D eigenvalue weighted by atomic mass is 79.9. The molecule has 1 aromatic heterocycles. The second kappa shape index (κ2) is 9.63. The molecule has 172 valence electrons. The Bertz CT molecular complexity index is 1180. The number of aromatic nitrogens is 1. The fourth-order valence-corrected chi connectivity index (χ4v) is 4.50. The number of hydrogen-bond acceptors (Lipinski definition) is 6. The Labute approximate surface area is 192 Å². The highest BCUT2D eigenvalue weighted by Crippen LogP contribution is 2.39. The summed E-state index contributed by atoms with van der Waals surface area (Å²) in [5.74, 6) is -0.623. The Kier molecular flexibility index (Phi) is 7.31. The van der Waals surface area contributed by atoms with E-state index in [-0.39, 0.29) is 16.3 Å². The quantitative estimate of drug-likeness (QED) is 0.396. The van der Waals surface area contributed by atoms with Crippen LogP contribution in [-0.4, -0.2) is 45.5 Å². The molecule has 1 N–H and O–H groups in total. The third-order valence-corrected chi connectivity index (χ3v) is 6.71. The maximum absolute atomic E-state index is 13.5. The molecule has 32 heavy (non-hydrogen) atoms. The molecule has 0 aliphatic rings. The van der Waals surface area contributed by atoms with Crippen molar-refractivity contribution in [3.05, 3.63) is 58.6 Å². The number of benzene rings is 2. The van der Waals surface area contributed by atoms with Crippen LogP contribution in [-0.2, 0) is 16.0 Å². The number of oxazole rings is 1. The van der Waals surface area contributed by atoms with E-state index >= 15 is 0 Å². The minimum Gasteiger partial charge on any atom is -0.419 e. The molecule has 0 radical (unpaired) electrons. The highest BCUT2D eigenvalue weighted by molar-refractivity contribution is 9.10. The van der Waals surface area contributed by atoms with Gasteiger partial charge in [0.15, 0.2) is 0 Å². The van der Waals surface area contributed by atoms with Gasteiger partial charge in [0, 0.05) is 16.6 Å². The summed E-state index contributed by atoms with van der Waals surface area (Å²) in [6, 6.07) is 10.6. The van der Waals surface area contributed by atoms with E-state index < -0.39 is 32.5 Å². The molecule has 0 aliphatic heterocycles. The molecular weight excluding hydrogens is 511 g/mol. The van der Waals surface area contributed by atoms with E-state index in [1.165, 1.54) is 30.3 Å². The van der Waals surface area contributed by atoms with Gasteiger partial charge in [0.05, 0.1) is 10.5 Å². The first kappa shape index (κ1) is 24.3. The van der Waals surface area contributed by atoms with Crippen LogP contribution < -0.4 is 5.32 Å². The van der Waals surface area contributed by atoms with Crippen molar-refractivity contribution in [2.75, 3.05) is 32.5 Å². The van der Waals surface area contributed by atoms with Crippen LogP contribution in [0.2, 0.25) is 0 Å². The van der Waals surface area contributed by atoms with E-state index in [0.717, 1.165) is 12.6 Å². The maximum Gasteiger partial charge on any atom is 0.417 e. The zero-order chi connectivity index (χ0) is 23.5. The molecule has 0 unspecified atom stereocenters. The van der Waals surface area contributed by atoms with Gasteiger partial charge in [0.25, 0.3) is 0 Å². The van der Waals surface area contributed by atoms with Gasteiger partial charge in [-0.3, -0.25) is 0 Å². The molecule has 0 bridgehead atoms. The van der Waals surface area contributed by atoms with Crippen molar-refractivity contribution < 1.29 is 26.0 Å². The predicted molar refractivity (Wildman–Crippen MR) is 118 cm³/mol. The second-order valence-corrected chi connectivity index (χ2v) is 10.0. The highest BCUT2D eigenvalue weighted by Gasteiger charge is 2.36. The summed E-state index contributed by atoms with van der Waals surface area (Å²) in [7, 11) is -0.369. The smallest absolute Gasteiger partial charge is 0.417 e. The lowest BCUT2D eigenvalue weighted by atomic mass is 10.1. The first-order valence-electron chi connectivity index (χ1n) is 9.57. The Morgan fingerprint density at radius 3 is 2.38 bits per heavy atom. The minimum atomic E-state index is -4.66. The van der Waals surface area contributed by atoms with E-state index in [0.29, 0.717) is 17.4 Å². The number of alkyl halides is 3. The van der Waals surface area contributed by atoms with Crippen molar-refractivity contribution in [1.82, 2.24) is 9.88 Å². The summed E-state index contributed by atoms with van der Waals surface area (Å²) in [4.78, 5) is 5.90. The molecule has 3 rings (SSSR count). The van der Waals surface area contributed by atoms with Crippen LogP contribution in [0.3, 0.4) is 0 Å². The molecule has 0 aliphatic carbocycles. The zero-order valence-electron chi connectivity index (χ0n) is 17.3. The molecule has 6 nitrogen and oxygen atoms in total. The SMILES string of the molecule is CN(C)CCCNc1oc(-c2ccccc2C(F)(F)F)nc1S(=O)(=O)c1ccc(Br)cc1. The summed E-state index contributed by atoms with van der Waals surface area (Å²) in [6.45, 7) is 1.07. The monoisotopic (exact) mass is 531 g/mol. The van der Waals surface area contributed by atoms with Gasteiger partial charge in [-0.1, -0.05) is 28.1 Å². The summed E-state index contributed by atoms with van der Waals surface area (Å²) in [6.07, 6.45) is -4.00. The molecule has 11 heteroatoms. The Hall–Kier alpha value is -2.37. The average molecular weight is 532 g/mol. The predicted octanol–water partition coefficient (Wildman–Crippen LogP) is 5.32. The topological polar surface area (TPSA) is 75.4 Å². The van der Waals surface area contributed by atoms with E-state index in [9.17, 15) is 21.6 Å². The zero-order valence-corrected chi connectivity index (χ0v) is 19.7. The summed E-state index contributed by atoms with van der Waals surface area (Å²) < 4.78 is 73.1. The second-order valence-electron chi connectivity index (χ2n) is 7.24. The number of nitrogens with zero attached hydrogens (tertiary/aromatic N) is 2. The first-order chi connectivity index (χ1) is 15.0. The molecule has 2 aromatic carbocycles. The third kappa shape index (κ3) is 5.51. The van der Waals surface area contributed by atoms with Crippen LogP contribution in [0.1, 0.15) is 12.0 Å². The standard InChI is InChI=1S/C21H21BrF3N3O3S/c1-28(2)13-5-12-26-19-20(32(29,30)15-10-8-14(22)9-11-15)27-18(31-19)16-6-3-4-7-17(16)21(23,24)25/h3-4,6-11,26H,5,12-13H2,1-2H3. The van der Waals surface area contributed by atoms with Gasteiger partial charge in [-0.25, -0.2) is 8.42 Å². The summed E-state index contributed by atoms with van der Waals surface area (Å²) in [5.41, 5.74) is -1.30. The Morgan fingerprint density at radius 2 is 1.75 bits per heavy atom.